The standard InChI is InChI=1S/C30H31N5OS2/c1-33(2)25-11-9-24(10-12-25)31-30(37)34-15-13-21(14-16-34)28-32-26(19-38-28)29(36)35-17-22-7-3-5-20-6-4-8-23(18-35)27(20)22/h3-12,19,21H,13-18H2,1-2H3,(H,31,37). The van der Waals surface area contributed by atoms with E-state index in [0.29, 0.717) is 24.7 Å². The fourth-order valence-electron chi connectivity index (χ4n) is 5.49. The number of anilines is 2. The van der Waals surface area contributed by atoms with Crippen LogP contribution in [-0.2, 0) is 13.1 Å². The molecule has 0 bridgehead atoms. The molecule has 6 rings (SSSR count). The van der Waals surface area contributed by atoms with Gasteiger partial charge in [0.15, 0.2) is 5.11 Å². The van der Waals surface area contributed by atoms with Gasteiger partial charge in [0.05, 0.1) is 5.01 Å². The quantitative estimate of drug-likeness (QED) is 0.316. The molecule has 194 valence electrons. The molecule has 38 heavy (non-hydrogen) atoms. The first-order valence-corrected chi connectivity index (χ1v) is 14.3. The van der Waals surface area contributed by atoms with Gasteiger partial charge in [0.2, 0.25) is 0 Å². The normalized spacial score (nSPS) is 15.5. The molecule has 0 unspecified atom stereocenters. The zero-order valence-corrected chi connectivity index (χ0v) is 23.3. The summed E-state index contributed by atoms with van der Waals surface area (Å²) in [6.07, 6.45) is 1.95. The van der Waals surface area contributed by atoms with Crippen molar-refractivity contribution in [2.45, 2.75) is 31.8 Å². The monoisotopic (exact) mass is 541 g/mol. The summed E-state index contributed by atoms with van der Waals surface area (Å²) in [6.45, 7) is 3.01. The summed E-state index contributed by atoms with van der Waals surface area (Å²) in [5.41, 5.74) is 5.14. The lowest BCUT2D eigenvalue weighted by molar-refractivity contribution is 0.0721. The summed E-state index contributed by atoms with van der Waals surface area (Å²) in [5, 5.41) is 9.67. The average molecular weight is 542 g/mol. The maximum atomic E-state index is 13.4. The van der Waals surface area contributed by atoms with Gasteiger partial charge in [-0.3, -0.25) is 4.79 Å². The van der Waals surface area contributed by atoms with E-state index in [1.54, 1.807) is 11.3 Å². The van der Waals surface area contributed by atoms with Crippen molar-refractivity contribution in [2.24, 2.45) is 0 Å². The van der Waals surface area contributed by atoms with E-state index < -0.39 is 0 Å². The van der Waals surface area contributed by atoms with Crippen molar-refractivity contribution in [2.75, 3.05) is 37.4 Å². The van der Waals surface area contributed by atoms with Gasteiger partial charge >= 0.3 is 0 Å². The lowest BCUT2D eigenvalue weighted by atomic mass is 9.95. The van der Waals surface area contributed by atoms with Crippen molar-refractivity contribution in [3.8, 4) is 0 Å². The fraction of sp³-hybridized carbons (Fsp3) is 0.300. The second kappa shape index (κ2) is 10.3. The van der Waals surface area contributed by atoms with E-state index in [2.05, 4.69) is 75.8 Å². The number of likely N-dealkylation sites (tertiary alicyclic amines) is 1. The van der Waals surface area contributed by atoms with Crippen LogP contribution < -0.4 is 10.2 Å². The lowest BCUT2D eigenvalue weighted by Crippen LogP contribution is -2.40. The number of aromatic nitrogens is 1. The van der Waals surface area contributed by atoms with Crippen molar-refractivity contribution in [3.05, 3.63) is 87.9 Å². The Balaban J connectivity index is 1.06. The Morgan fingerprint density at radius 1 is 0.974 bits per heavy atom. The number of carbonyl (C=O) groups is 1. The third kappa shape index (κ3) is 4.86. The molecule has 1 N–H and O–H groups in total. The smallest absolute Gasteiger partial charge is 0.273 e. The van der Waals surface area contributed by atoms with Gasteiger partial charge in [-0.2, -0.15) is 0 Å². The van der Waals surface area contributed by atoms with Gasteiger partial charge < -0.3 is 20.0 Å². The van der Waals surface area contributed by atoms with E-state index in [4.69, 9.17) is 17.2 Å². The summed E-state index contributed by atoms with van der Waals surface area (Å²) in [5.74, 6) is 0.373. The molecule has 2 aliphatic heterocycles. The number of carbonyl (C=O) groups excluding carboxylic acids is 1. The molecular weight excluding hydrogens is 510 g/mol. The summed E-state index contributed by atoms with van der Waals surface area (Å²) >= 11 is 7.31. The van der Waals surface area contributed by atoms with Crippen molar-refractivity contribution in [3.63, 3.8) is 0 Å². The Morgan fingerprint density at radius 3 is 2.26 bits per heavy atom. The molecule has 0 aliphatic carbocycles. The van der Waals surface area contributed by atoms with Crippen LogP contribution in [0.15, 0.2) is 66.0 Å². The number of rotatable bonds is 4. The Kier molecular flexibility index (Phi) is 6.76. The number of benzene rings is 3. The third-order valence-corrected chi connectivity index (χ3v) is 8.96. The first-order chi connectivity index (χ1) is 18.5. The number of thiazole rings is 1. The van der Waals surface area contributed by atoms with Crippen LogP contribution in [0.25, 0.3) is 10.8 Å². The third-order valence-electron chi connectivity index (χ3n) is 7.59. The van der Waals surface area contributed by atoms with Crippen LogP contribution in [0, 0.1) is 0 Å². The topological polar surface area (TPSA) is 51.7 Å². The highest BCUT2D eigenvalue weighted by molar-refractivity contribution is 7.80. The van der Waals surface area contributed by atoms with Crippen molar-refractivity contribution in [1.82, 2.24) is 14.8 Å². The number of hydrogen-bond acceptors (Lipinski definition) is 5. The van der Waals surface area contributed by atoms with E-state index in [1.807, 2.05) is 24.4 Å². The van der Waals surface area contributed by atoms with E-state index in [-0.39, 0.29) is 5.91 Å². The highest BCUT2D eigenvalue weighted by Gasteiger charge is 2.28. The Bertz CT molecular complexity index is 1450. The summed E-state index contributed by atoms with van der Waals surface area (Å²) in [7, 11) is 4.07. The van der Waals surface area contributed by atoms with Crippen LogP contribution in [0.1, 0.15) is 45.4 Å². The van der Waals surface area contributed by atoms with Gasteiger partial charge in [-0.1, -0.05) is 36.4 Å². The summed E-state index contributed by atoms with van der Waals surface area (Å²) in [6, 6.07) is 21.0. The van der Waals surface area contributed by atoms with Gasteiger partial charge in [-0.25, -0.2) is 4.98 Å². The van der Waals surface area contributed by atoms with E-state index in [9.17, 15) is 4.79 Å². The van der Waals surface area contributed by atoms with E-state index in [0.717, 1.165) is 47.4 Å². The molecule has 6 nitrogen and oxygen atoms in total. The molecule has 0 saturated carbocycles. The zero-order valence-electron chi connectivity index (χ0n) is 21.7. The molecule has 0 spiro atoms. The van der Waals surface area contributed by atoms with Gasteiger partial charge in [0.25, 0.3) is 5.91 Å². The predicted molar refractivity (Wildman–Crippen MR) is 160 cm³/mol. The average Bonchev–Trinajstić information content (AvgIpc) is 3.44. The zero-order chi connectivity index (χ0) is 26.2. The molecule has 0 atom stereocenters. The minimum absolute atomic E-state index is 0.0158. The van der Waals surface area contributed by atoms with Gasteiger partial charge in [0.1, 0.15) is 5.69 Å². The molecule has 1 aromatic heterocycles. The molecule has 0 radical (unpaired) electrons. The lowest BCUT2D eigenvalue weighted by Gasteiger charge is -2.33. The fourth-order valence-corrected chi connectivity index (χ4v) is 6.75. The molecule has 2 aliphatic rings. The summed E-state index contributed by atoms with van der Waals surface area (Å²) < 4.78 is 0. The van der Waals surface area contributed by atoms with Gasteiger partial charge in [-0.15, -0.1) is 11.3 Å². The molecular formula is C30H31N5OS2. The number of thiocarbonyl (C=S) groups is 1. The van der Waals surface area contributed by atoms with E-state index >= 15 is 0 Å². The van der Waals surface area contributed by atoms with E-state index in [1.165, 1.54) is 21.9 Å². The maximum Gasteiger partial charge on any atom is 0.273 e. The van der Waals surface area contributed by atoms with Crippen molar-refractivity contribution >= 4 is 56.7 Å². The SMILES string of the molecule is CN(C)c1ccc(NC(=S)N2CCC(c3nc(C(=O)N4Cc5cccc6cccc(c56)C4)cs3)CC2)cc1. The number of amides is 1. The Morgan fingerprint density at radius 2 is 1.63 bits per heavy atom. The van der Waals surface area contributed by atoms with Crippen LogP contribution in [0.4, 0.5) is 11.4 Å². The van der Waals surface area contributed by atoms with Gasteiger partial charge in [0, 0.05) is 62.9 Å². The molecule has 1 saturated heterocycles. The van der Waals surface area contributed by atoms with Crippen LogP contribution in [-0.4, -0.2) is 53.0 Å². The minimum atomic E-state index is 0.0158. The van der Waals surface area contributed by atoms with Crippen LogP contribution in [0.2, 0.25) is 0 Å². The highest BCUT2D eigenvalue weighted by atomic mass is 32.1. The Hall–Kier alpha value is -3.49. The molecule has 3 aromatic carbocycles. The first kappa shape index (κ1) is 24.8. The van der Waals surface area contributed by atoms with Crippen molar-refractivity contribution < 1.29 is 4.79 Å². The second-order valence-electron chi connectivity index (χ2n) is 10.3. The molecule has 4 aromatic rings. The van der Waals surface area contributed by atoms with Gasteiger partial charge in [-0.05, 0) is 71.2 Å². The molecule has 1 fully saturated rings. The largest absolute Gasteiger partial charge is 0.378 e. The predicted octanol–water partition coefficient (Wildman–Crippen LogP) is 6.09. The minimum Gasteiger partial charge on any atom is -0.378 e. The number of piperidine rings is 1. The van der Waals surface area contributed by atoms with Crippen molar-refractivity contribution in [1.29, 1.82) is 0 Å². The van der Waals surface area contributed by atoms with Crippen LogP contribution >= 0.6 is 23.6 Å². The maximum absolute atomic E-state index is 13.4. The molecule has 1 amide bonds. The number of hydrogen-bond donors (Lipinski definition) is 1. The summed E-state index contributed by atoms with van der Waals surface area (Å²) in [4.78, 5) is 24.5. The Labute approximate surface area is 232 Å². The molecule has 8 heteroatoms. The second-order valence-corrected chi connectivity index (χ2v) is 11.6. The van der Waals surface area contributed by atoms with Crippen LogP contribution in [0.3, 0.4) is 0 Å². The number of nitrogens with zero attached hydrogens (tertiary/aromatic N) is 4. The number of nitrogens with one attached hydrogen (secondary N) is 1. The first-order valence-electron chi connectivity index (χ1n) is 13.0. The highest BCUT2D eigenvalue weighted by Crippen LogP contribution is 2.33. The van der Waals surface area contributed by atoms with Crippen LogP contribution in [0.5, 0.6) is 0 Å². The molecule has 3 heterocycles.